The maximum Gasteiger partial charge on any atom is 0.251 e. The number of nitrogens with one attached hydrogen (secondary N) is 2. The summed E-state index contributed by atoms with van der Waals surface area (Å²) < 4.78 is 0. The Labute approximate surface area is 156 Å². The lowest BCUT2D eigenvalue weighted by atomic mass is 10.1. The van der Waals surface area contributed by atoms with Gasteiger partial charge in [-0.2, -0.15) is 0 Å². The first-order valence-corrected chi connectivity index (χ1v) is 8.89. The third-order valence-corrected chi connectivity index (χ3v) is 4.54. The lowest BCUT2D eigenvalue weighted by Gasteiger charge is -2.28. The highest BCUT2D eigenvalue weighted by molar-refractivity contribution is 6.13. The molecule has 3 amide bonds. The van der Waals surface area contributed by atoms with Crippen LogP contribution in [0.5, 0.6) is 0 Å². The number of hydrogen-bond donors (Lipinski definition) is 2. The van der Waals surface area contributed by atoms with Gasteiger partial charge in [-0.3, -0.25) is 19.3 Å². The maximum atomic E-state index is 12.6. The molecule has 2 aromatic rings. The van der Waals surface area contributed by atoms with Crippen molar-refractivity contribution in [2.24, 2.45) is 0 Å². The van der Waals surface area contributed by atoms with Gasteiger partial charge in [0.15, 0.2) is 0 Å². The largest absolute Gasteiger partial charge is 0.349 e. The Kier molecular flexibility index (Phi) is 4.46. The van der Waals surface area contributed by atoms with Crippen LogP contribution >= 0.6 is 0 Å². The number of amides is 3. The first-order valence-electron chi connectivity index (χ1n) is 8.89. The quantitative estimate of drug-likeness (QED) is 0.822. The van der Waals surface area contributed by atoms with E-state index in [9.17, 15) is 14.4 Å². The van der Waals surface area contributed by atoms with E-state index >= 15 is 0 Å². The number of para-hydroxylation sites is 2. The molecule has 0 spiro atoms. The fraction of sp³-hybridized carbons (Fsp3) is 0.190. The second-order valence-corrected chi connectivity index (χ2v) is 6.69. The minimum absolute atomic E-state index is 0.0134. The van der Waals surface area contributed by atoms with Crippen LogP contribution in [0.4, 0.5) is 11.4 Å². The zero-order valence-electron chi connectivity index (χ0n) is 14.6. The maximum absolute atomic E-state index is 12.6. The average molecular weight is 361 g/mol. The van der Waals surface area contributed by atoms with Crippen molar-refractivity contribution in [3.63, 3.8) is 0 Å². The van der Waals surface area contributed by atoms with Crippen molar-refractivity contribution < 1.29 is 14.4 Å². The highest BCUT2D eigenvalue weighted by Crippen LogP contribution is 2.29. The van der Waals surface area contributed by atoms with Gasteiger partial charge >= 0.3 is 0 Å². The molecular formula is C21H19N3O3. The first-order chi connectivity index (χ1) is 13.1. The van der Waals surface area contributed by atoms with E-state index < -0.39 is 0 Å². The summed E-state index contributed by atoms with van der Waals surface area (Å²) in [6.45, 7) is -0.0134. The van der Waals surface area contributed by atoms with Gasteiger partial charge in [0, 0.05) is 17.7 Å². The van der Waals surface area contributed by atoms with Crippen molar-refractivity contribution in [1.82, 2.24) is 5.32 Å². The number of anilines is 2. The Bertz CT molecular complexity index is 930. The zero-order chi connectivity index (χ0) is 18.8. The monoisotopic (exact) mass is 361 g/mol. The zero-order valence-corrected chi connectivity index (χ0v) is 14.6. The Morgan fingerprint density at radius 1 is 1.07 bits per heavy atom. The van der Waals surface area contributed by atoms with E-state index in [-0.39, 0.29) is 24.3 Å². The number of nitrogens with zero attached hydrogens (tertiary/aromatic N) is 1. The summed E-state index contributed by atoms with van der Waals surface area (Å²) in [7, 11) is 0. The average Bonchev–Trinajstić information content (AvgIpc) is 3.49. The van der Waals surface area contributed by atoms with Gasteiger partial charge in [-0.05, 0) is 48.7 Å². The van der Waals surface area contributed by atoms with E-state index in [0.29, 0.717) is 23.0 Å². The molecule has 27 heavy (non-hydrogen) atoms. The molecule has 6 heteroatoms. The van der Waals surface area contributed by atoms with Crippen LogP contribution in [0.1, 0.15) is 28.8 Å². The van der Waals surface area contributed by atoms with E-state index in [1.165, 1.54) is 11.0 Å². The molecule has 2 N–H and O–H groups in total. The lowest BCUT2D eigenvalue weighted by Crippen LogP contribution is -2.41. The van der Waals surface area contributed by atoms with Gasteiger partial charge in [0.25, 0.3) is 11.8 Å². The first kappa shape index (κ1) is 17.0. The standard InChI is InChI=1S/C21H19N3O3/c25-19-13-24(18-4-2-1-3-17(18)23-19)20(26)12-7-14-5-8-15(9-6-14)21(27)22-16-10-11-16/h1-9,12,16H,10-11,13H2,(H,22,27)(H,23,25)/b12-7+. The molecule has 136 valence electrons. The number of carbonyl (C=O) groups is 3. The van der Waals surface area contributed by atoms with E-state index in [1.807, 2.05) is 12.1 Å². The van der Waals surface area contributed by atoms with Gasteiger partial charge in [0.1, 0.15) is 6.54 Å². The summed E-state index contributed by atoms with van der Waals surface area (Å²) >= 11 is 0. The topological polar surface area (TPSA) is 78.5 Å². The minimum atomic E-state index is -0.271. The van der Waals surface area contributed by atoms with Gasteiger partial charge in [0.05, 0.1) is 11.4 Å². The van der Waals surface area contributed by atoms with Crippen LogP contribution in [0.15, 0.2) is 54.6 Å². The van der Waals surface area contributed by atoms with Crippen molar-refractivity contribution in [3.05, 3.63) is 65.7 Å². The normalized spacial score (nSPS) is 16.0. The molecule has 0 aromatic heterocycles. The predicted octanol–water partition coefficient (Wildman–Crippen LogP) is 2.58. The lowest BCUT2D eigenvalue weighted by molar-refractivity contribution is -0.119. The fourth-order valence-corrected chi connectivity index (χ4v) is 2.93. The van der Waals surface area contributed by atoms with Gasteiger partial charge in [-0.1, -0.05) is 24.3 Å². The van der Waals surface area contributed by atoms with Crippen molar-refractivity contribution >= 4 is 35.2 Å². The Morgan fingerprint density at radius 3 is 2.56 bits per heavy atom. The van der Waals surface area contributed by atoms with Crippen LogP contribution < -0.4 is 15.5 Å². The molecule has 0 unspecified atom stereocenters. The molecule has 1 saturated carbocycles. The second kappa shape index (κ2) is 7.07. The summed E-state index contributed by atoms with van der Waals surface area (Å²) in [5.74, 6) is -0.561. The van der Waals surface area contributed by atoms with Crippen molar-refractivity contribution in [2.45, 2.75) is 18.9 Å². The van der Waals surface area contributed by atoms with Gasteiger partial charge in [-0.25, -0.2) is 0 Å². The number of hydrogen-bond acceptors (Lipinski definition) is 3. The molecule has 0 atom stereocenters. The molecule has 1 heterocycles. The van der Waals surface area contributed by atoms with Crippen LogP contribution in [0, 0.1) is 0 Å². The minimum Gasteiger partial charge on any atom is -0.349 e. The van der Waals surface area contributed by atoms with E-state index in [2.05, 4.69) is 10.6 Å². The van der Waals surface area contributed by atoms with E-state index in [4.69, 9.17) is 0 Å². The number of carbonyl (C=O) groups excluding carboxylic acids is 3. The molecule has 1 aliphatic heterocycles. The molecule has 6 nitrogen and oxygen atoms in total. The predicted molar refractivity (Wildman–Crippen MR) is 103 cm³/mol. The Balaban J connectivity index is 1.45. The molecule has 1 fully saturated rings. The second-order valence-electron chi connectivity index (χ2n) is 6.69. The van der Waals surface area contributed by atoms with Crippen molar-refractivity contribution in [2.75, 3.05) is 16.8 Å². The molecule has 4 rings (SSSR count). The third-order valence-electron chi connectivity index (χ3n) is 4.54. The summed E-state index contributed by atoms with van der Waals surface area (Å²) in [4.78, 5) is 37.9. The molecular weight excluding hydrogens is 342 g/mol. The molecule has 1 aliphatic carbocycles. The van der Waals surface area contributed by atoms with Crippen LogP contribution in [0.25, 0.3) is 6.08 Å². The van der Waals surface area contributed by atoms with Crippen LogP contribution in [-0.4, -0.2) is 30.3 Å². The van der Waals surface area contributed by atoms with Gasteiger partial charge < -0.3 is 10.6 Å². The number of benzene rings is 2. The third kappa shape index (κ3) is 3.89. The van der Waals surface area contributed by atoms with Gasteiger partial charge in [-0.15, -0.1) is 0 Å². The smallest absolute Gasteiger partial charge is 0.251 e. The van der Waals surface area contributed by atoms with Gasteiger partial charge in [0.2, 0.25) is 5.91 Å². The summed E-state index contributed by atoms with van der Waals surface area (Å²) in [6.07, 6.45) is 5.22. The summed E-state index contributed by atoms with van der Waals surface area (Å²) in [5, 5.41) is 5.70. The number of rotatable bonds is 4. The Morgan fingerprint density at radius 2 is 1.81 bits per heavy atom. The molecule has 2 aromatic carbocycles. The highest BCUT2D eigenvalue weighted by Gasteiger charge is 2.25. The molecule has 0 saturated heterocycles. The van der Waals surface area contributed by atoms with E-state index in [1.54, 1.807) is 42.5 Å². The fourth-order valence-electron chi connectivity index (χ4n) is 2.93. The van der Waals surface area contributed by atoms with Crippen LogP contribution in [-0.2, 0) is 9.59 Å². The number of fused-ring (bicyclic) bond motifs is 1. The van der Waals surface area contributed by atoms with Crippen molar-refractivity contribution in [1.29, 1.82) is 0 Å². The highest BCUT2D eigenvalue weighted by atomic mass is 16.2. The SMILES string of the molecule is O=C1CN(C(=O)/C=C/c2ccc(C(=O)NC3CC3)cc2)c2ccccc2N1. The summed E-state index contributed by atoms with van der Waals surface area (Å²) in [5.41, 5.74) is 2.72. The van der Waals surface area contributed by atoms with E-state index in [0.717, 1.165) is 18.4 Å². The molecule has 0 bridgehead atoms. The Hall–Kier alpha value is -3.41. The molecule has 2 aliphatic rings. The van der Waals surface area contributed by atoms with Crippen LogP contribution in [0.2, 0.25) is 0 Å². The molecule has 0 radical (unpaired) electrons. The van der Waals surface area contributed by atoms with Crippen LogP contribution in [0.3, 0.4) is 0 Å². The van der Waals surface area contributed by atoms with Crippen molar-refractivity contribution in [3.8, 4) is 0 Å². The summed E-state index contributed by atoms with van der Waals surface area (Å²) in [6, 6.07) is 14.6.